The molecule has 5 rings (SSSR count). The van der Waals surface area contributed by atoms with Crippen molar-refractivity contribution in [3.05, 3.63) is 23.3 Å². The van der Waals surface area contributed by atoms with Crippen molar-refractivity contribution in [1.82, 2.24) is 15.5 Å². The molecule has 4 aliphatic heterocycles. The predicted molar refractivity (Wildman–Crippen MR) is 87.2 cm³/mol. The van der Waals surface area contributed by atoms with Crippen LogP contribution in [0.5, 0.6) is 5.75 Å². The Balaban J connectivity index is 1.44. The van der Waals surface area contributed by atoms with Gasteiger partial charge in [-0.2, -0.15) is 0 Å². The van der Waals surface area contributed by atoms with Gasteiger partial charge in [-0.25, -0.2) is 0 Å². The Labute approximate surface area is 143 Å². The monoisotopic (exact) mass is 342 g/mol. The minimum absolute atomic E-state index is 0.178. The van der Waals surface area contributed by atoms with Gasteiger partial charge in [0, 0.05) is 31.6 Å². The summed E-state index contributed by atoms with van der Waals surface area (Å²) in [6, 6.07) is 3.13. The maximum absolute atomic E-state index is 12.8. The summed E-state index contributed by atoms with van der Waals surface area (Å²) in [4.78, 5) is 37.8. The SMILES string of the molecule is O=C1CC[C@H](N2Cc3cc4c(cc3C2=O)OC2(CNC2)CN4)C(=O)N1. The summed E-state index contributed by atoms with van der Waals surface area (Å²) in [5, 5.41) is 8.92. The van der Waals surface area contributed by atoms with Crippen LogP contribution in [-0.4, -0.2) is 53.9 Å². The van der Waals surface area contributed by atoms with Crippen LogP contribution in [-0.2, 0) is 16.1 Å². The summed E-state index contributed by atoms with van der Waals surface area (Å²) in [5.41, 5.74) is 2.11. The number of hydrogen-bond donors (Lipinski definition) is 3. The molecule has 25 heavy (non-hydrogen) atoms. The number of rotatable bonds is 1. The lowest BCUT2D eigenvalue weighted by molar-refractivity contribution is -0.136. The second-order valence-electron chi connectivity index (χ2n) is 7.15. The van der Waals surface area contributed by atoms with E-state index in [4.69, 9.17) is 4.74 Å². The van der Waals surface area contributed by atoms with Crippen LogP contribution in [0.2, 0.25) is 0 Å². The van der Waals surface area contributed by atoms with Crippen LogP contribution in [0.25, 0.3) is 0 Å². The molecule has 0 radical (unpaired) electrons. The number of ether oxygens (including phenoxy) is 1. The number of hydrogen-bond acceptors (Lipinski definition) is 6. The summed E-state index contributed by atoms with van der Waals surface area (Å²) < 4.78 is 6.13. The van der Waals surface area contributed by atoms with Crippen molar-refractivity contribution in [3.63, 3.8) is 0 Å². The highest BCUT2D eigenvalue weighted by atomic mass is 16.5. The first kappa shape index (κ1) is 14.7. The minimum atomic E-state index is -0.592. The third-order valence-corrected chi connectivity index (χ3v) is 5.45. The number of fused-ring (bicyclic) bond motifs is 2. The molecule has 0 aromatic heterocycles. The van der Waals surface area contributed by atoms with Crippen LogP contribution in [0.4, 0.5) is 5.69 Å². The van der Waals surface area contributed by atoms with Gasteiger partial charge in [-0.3, -0.25) is 19.7 Å². The summed E-state index contributed by atoms with van der Waals surface area (Å²) in [7, 11) is 0. The Morgan fingerprint density at radius 3 is 2.72 bits per heavy atom. The van der Waals surface area contributed by atoms with E-state index in [-0.39, 0.29) is 23.8 Å². The van der Waals surface area contributed by atoms with E-state index < -0.39 is 11.9 Å². The fraction of sp³-hybridized carbons (Fsp3) is 0.471. The molecule has 2 saturated heterocycles. The van der Waals surface area contributed by atoms with Crippen molar-refractivity contribution in [2.45, 2.75) is 31.0 Å². The molecule has 0 aliphatic carbocycles. The average Bonchev–Trinajstić information content (AvgIpc) is 2.87. The molecule has 1 atom stereocenters. The highest BCUT2D eigenvalue weighted by Crippen LogP contribution is 2.40. The van der Waals surface area contributed by atoms with E-state index in [2.05, 4.69) is 16.0 Å². The predicted octanol–water partition coefficient (Wildman–Crippen LogP) is -0.406. The molecule has 1 spiro atoms. The fourth-order valence-corrected chi connectivity index (χ4v) is 3.95. The van der Waals surface area contributed by atoms with Gasteiger partial charge in [0.05, 0.1) is 12.2 Å². The van der Waals surface area contributed by atoms with Gasteiger partial charge in [0.2, 0.25) is 11.8 Å². The molecule has 4 heterocycles. The van der Waals surface area contributed by atoms with E-state index in [1.807, 2.05) is 6.07 Å². The zero-order valence-corrected chi connectivity index (χ0v) is 13.6. The number of nitrogens with one attached hydrogen (secondary N) is 3. The number of imide groups is 1. The molecular formula is C17H18N4O4. The molecule has 2 fully saturated rings. The van der Waals surface area contributed by atoms with Crippen LogP contribution in [0.3, 0.4) is 0 Å². The van der Waals surface area contributed by atoms with E-state index in [9.17, 15) is 14.4 Å². The first-order valence-corrected chi connectivity index (χ1v) is 8.50. The number of carbonyl (C=O) groups excluding carboxylic acids is 3. The minimum Gasteiger partial charge on any atom is -0.481 e. The zero-order valence-electron chi connectivity index (χ0n) is 13.6. The topological polar surface area (TPSA) is 99.8 Å². The first-order valence-electron chi connectivity index (χ1n) is 8.50. The van der Waals surface area contributed by atoms with E-state index in [1.165, 1.54) is 0 Å². The summed E-state index contributed by atoms with van der Waals surface area (Å²) in [6.45, 7) is 2.68. The summed E-state index contributed by atoms with van der Waals surface area (Å²) >= 11 is 0. The van der Waals surface area contributed by atoms with Crippen LogP contribution in [0, 0.1) is 0 Å². The van der Waals surface area contributed by atoms with Crippen LogP contribution in [0.15, 0.2) is 12.1 Å². The quantitative estimate of drug-likeness (QED) is 0.600. The number of anilines is 1. The van der Waals surface area contributed by atoms with Crippen molar-refractivity contribution >= 4 is 23.4 Å². The van der Waals surface area contributed by atoms with Gasteiger partial charge in [-0.1, -0.05) is 0 Å². The van der Waals surface area contributed by atoms with Crippen LogP contribution < -0.4 is 20.7 Å². The maximum Gasteiger partial charge on any atom is 0.255 e. The standard InChI is InChI=1S/C17H18N4O4/c22-14-2-1-12(15(23)20-14)21-5-9-3-11-13(4-10(9)16(21)24)25-17(8-19-11)6-18-7-17/h3-4,12,18-19H,1-2,5-8H2,(H,20,22,23)/t12-/m0/s1. The molecule has 3 N–H and O–H groups in total. The normalized spacial score (nSPS) is 26.3. The number of amides is 3. The van der Waals surface area contributed by atoms with Gasteiger partial charge in [0.25, 0.3) is 5.91 Å². The van der Waals surface area contributed by atoms with Gasteiger partial charge in [-0.15, -0.1) is 0 Å². The maximum atomic E-state index is 12.8. The van der Waals surface area contributed by atoms with Crippen molar-refractivity contribution in [1.29, 1.82) is 0 Å². The van der Waals surface area contributed by atoms with E-state index >= 15 is 0 Å². The van der Waals surface area contributed by atoms with Crippen molar-refractivity contribution in [2.24, 2.45) is 0 Å². The number of piperidine rings is 1. The fourth-order valence-electron chi connectivity index (χ4n) is 3.95. The Morgan fingerprint density at radius 2 is 2.00 bits per heavy atom. The van der Waals surface area contributed by atoms with Crippen LogP contribution in [0.1, 0.15) is 28.8 Å². The second-order valence-corrected chi connectivity index (χ2v) is 7.15. The van der Waals surface area contributed by atoms with Gasteiger partial charge in [0.1, 0.15) is 11.8 Å². The molecule has 0 bridgehead atoms. The Hall–Kier alpha value is -2.61. The molecule has 8 nitrogen and oxygen atoms in total. The first-order chi connectivity index (χ1) is 12.0. The van der Waals surface area contributed by atoms with Gasteiger partial charge in [-0.05, 0) is 24.1 Å². The molecule has 130 valence electrons. The average molecular weight is 342 g/mol. The molecule has 0 unspecified atom stereocenters. The van der Waals surface area contributed by atoms with E-state index in [0.717, 1.165) is 30.9 Å². The van der Waals surface area contributed by atoms with Gasteiger partial charge >= 0.3 is 0 Å². The third kappa shape index (κ3) is 2.13. The molecule has 1 aromatic rings. The number of nitrogens with zero attached hydrogens (tertiary/aromatic N) is 1. The molecular weight excluding hydrogens is 324 g/mol. The molecule has 0 saturated carbocycles. The Kier molecular flexibility index (Phi) is 2.91. The highest BCUT2D eigenvalue weighted by molar-refractivity contribution is 6.05. The largest absolute Gasteiger partial charge is 0.481 e. The lowest BCUT2D eigenvalue weighted by Crippen LogP contribution is -2.67. The van der Waals surface area contributed by atoms with Crippen LogP contribution >= 0.6 is 0 Å². The van der Waals surface area contributed by atoms with Crippen molar-refractivity contribution < 1.29 is 19.1 Å². The summed E-state index contributed by atoms with van der Waals surface area (Å²) in [5.74, 6) is -0.166. The van der Waals surface area contributed by atoms with Crippen molar-refractivity contribution in [3.8, 4) is 5.75 Å². The van der Waals surface area contributed by atoms with E-state index in [1.54, 1.807) is 11.0 Å². The molecule has 8 heteroatoms. The lowest BCUT2D eigenvalue weighted by Gasteiger charge is -2.46. The second kappa shape index (κ2) is 4.95. The number of benzene rings is 1. The van der Waals surface area contributed by atoms with Gasteiger partial charge in [0.15, 0.2) is 5.60 Å². The Bertz CT molecular complexity index is 817. The third-order valence-electron chi connectivity index (χ3n) is 5.45. The molecule has 3 amide bonds. The highest BCUT2D eigenvalue weighted by Gasteiger charge is 2.44. The van der Waals surface area contributed by atoms with E-state index in [0.29, 0.717) is 24.3 Å². The smallest absolute Gasteiger partial charge is 0.255 e. The molecule has 1 aromatic carbocycles. The molecule has 4 aliphatic rings. The van der Waals surface area contributed by atoms with Gasteiger partial charge < -0.3 is 20.3 Å². The zero-order chi connectivity index (χ0) is 17.2. The summed E-state index contributed by atoms with van der Waals surface area (Å²) in [6.07, 6.45) is 0.626. The van der Waals surface area contributed by atoms with Crippen molar-refractivity contribution in [2.75, 3.05) is 25.0 Å². The number of carbonyl (C=O) groups is 3. The lowest BCUT2D eigenvalue weighted by atomic mass is 9.94. The Morgan fingerprint density at radius 1 is 1.16 bits per heavy atom.